The zero-order valence-electron chi connectivity index (χ0n) is 21.7. The summed E-state index contributed by atoms with van der Waals surface area (Å²) in [6.07, 6.45) is 0. The van der Waals surface area contributed by atoms with Gasteiger partial charge in [0.2, 0.25) is 0 Å². The molecule has 0 N–H and O–H groups in total. The van der Waals surface area contributed by atoms with Crippen molar-refractivity contribution in [2.75, 3.05) is 40.8 Å². The summed E-state index contributed by atoms with van der Waals surface area (Å²) in [5.74, 6) is -1.11. The predicted molar refractivity (Wildman–Crippen MR) is 147 cm³/mol. The number of nitrogens with zero attached hydrogens (tertiary/aromatic N) is 3. The van der Waals surface area contributed by atoms with E-state index in [1.165, 1.54) is 9.80 Å². The van der Waals surface area contributed by atoms with Crippen molar-refractivity contribution >= 4 is 66.7 Å². The highest BCUT2D eigenvalue weighted by Gasteiger charge is 2.36. The summed E-state index contributed by atoms with van der Waals surface area (Å²) in [6.45, 7) is 3.10. The minimum Gasteiger partial charge on any atom is -0.329 e. The van der Waals surface area contributed by atoms with E-state index in [4.69, 9.17) is 0 Å². The van der Waals surface area contributed by atoms with E-state index in [2.05, 4.69) is 0 Å². The Kier molecular flexibility index (Phi) is 4.42. The molecule has 0 saturated heterocycles. The highest BCUT2D eigenvalue weighted by Crippen LogP contribution is 2.46. The van der Waals surface area contributed by atoms with Crippen LogP contribution in [-0.4, -0.2) is 78.7 Å². The van der Waals surface area contributed by atoms with E-state index in [9.17, 15) is 19.2 Å². The van der Waals surface area contributed by atoms with Crippen LogP contribution in [0.1, 0.15) is 48.4 Å². The molecule has 0 aliphatic carbocycles. The van der Waals surface area contributed by atoms with Gasteiger partial charge >= 0.3 is 0 Å². The zero-order valence-corrected chi connectivity index (χ0v) is 21.7. The number of fused-ring (bicyclic) bond motifs is 2. The molecule has 5 aromatic rings. The van der Waals surface area contributed by atoms with Crippen LogP contribution < -0.4 is 0 Å². The highest BCUT2D eigenvalue weighted by molar-refractivity contribution is 6.41. The first-order valence-electron chi connectivity index (χ1n) is 12.9. The Balaban J connectivity index is 1.55. The van der Waals surface area contributed by atoms with Crippen LogP contribution in [0.15, 0.2) is 48.5 Å². The number of carbonyl (C=O) groups excluding carboxylic acids is 4. The van der Waals surface area contributed by atoms with E-state index in [1.54, 1.807) is 19.1 Å². The fourth-order valence-electron chi connectivity index (χ4n) is 6.26. The van der Waals surface area contributed by atoms with Gasteiger partial charge in [0.15, 0.2) is 0 Å². The molecule has 5 aromatic carbocycles. The molecule has 0 saturated carbocycles. The van der Waals surface area contributed by atoms with Gasteiger partial charge in [-0.2, -0.15) is 0 Å². The summed E-state index contributed by atoms with van der Waals surface area (Å²) in [7, 11) is 6.10. The predicted octanol–water partition coefficient (Wildman–Crippen LogP) is 4.66. The third-order valence-corrected chi connectivity index (χ3v) is 8.11. The summed E-state index contributed by atoms with van der Waals surface area (Å²) in [6, 6.07) is 15.0. The first-order valence-corrected chi connectivity index (χ1v) is 12.9. The van der Waals surface area contributed by atoms with Gasteiger partial charge in [0.25, 0.3) is 23.6 Å². The Labute approximate surface area is 218 Å². The van der Waals surface area contributed by atoms with E-state index in [1.807, 2.05) is 57.5 Å². The van der Waals surface area contributed by atoms with Gasteiger partial charge in [0.1, 0.15) is 0 Å². The van der Waals surface area contributed by atoms with E-state index >= 15 is 0 Å². The largest absolute Gasteiger partial charge is 0.329 e. The van der Waals surface area contributed by atoms with E-state index in [0.29, 0.717) is 57.1 Å². The molecule has 188 valence electrons. The molecule has 0 unspecified atom stereocenters. The van der Waals surface area contributed by atoms with Crippen molar-refractivity contribution in [2.45, 2.75) is 6.92 Å². The lowest BCUT2D eigenvalue weighted by Crippen LogP contribution is -2.47. The van der Waals surface area contributed by atoms with Crippen molar-refractivity contribution < 1.29 is 23.7 Å². The van der Waals surface area contributed by atoms with Crippen LogP contribution in [0.5, 0.6) is 0 Å². The number of hydrogen-bond donors (Lipinski definition) is 0. The van der Waals surface area contributed by atoms with Gasteiger partial charge in [0, 0.05) is 39.6 Å². The summed E-state index contributed by atoms with van der Waals surface area (Å²) in [4.78, 5) is 56.2. The van der Waals surface area contributed by atoms with Crippen molar-refractivity contribution in [3.63, 3.8) is 0 Å². The monoisotopic (exact) mass is 504 g/mol. The third kappa shape index (κ3) is 2.77. The topological polar surface area (TPSA) is 74.8 Å². The minimum atomic E-state index is -0.282. The Morgan fingerprint density at radius 2 is 0.868 bits per heavy atom. The lowest BCUT2D eigenvalue weighted by molar-refractivity contribution is -0.869. The van der Waals surface area contributed by atoms with Gasteiger partial charge in [-0.1, -0.05) is 24.3 Å². The molecular formula is C31H26N3O4+. The van der Waals surface area contributed by atoms with E-state index in [-0.39, 0.29) is 23.6 Å². The molecule has 0 aromatic heterocycles. The van der Waals surface area contributed by atoms with Crippen LogP contribution in [0.25, 0.3) is 43.1 Å². The summed E-state index contributed by atoms with van der Waals surface area (Å²) < 4.78 is 0.642. The maximum atomic E-state index is 13.6. The molecule has 0 atom stereocenters. The fraction of sp³-hybridized carbons (Fsp3) is 0.226. The normalized spacial score (nSPS) is 15.8. The Bertz CT molecular complexity index is 1810. The fourth-order valence-corrected chi connectivity index (χ4v) is 6.26. The SMILES string of the molecule is CCN1C(=O)c2ccc3c4ccc5c6c(ccc(c7ccc(c2c37)C1=O)c64)C(=O)N(CC[N+](C)(C)C)C5=O. The first kappa shape index (κ1) is 22.8. The van der Waals surface area contributed by atoms with Crippen LogP contribution in [0.4, 0.5) is 0 Å². The number of benzene rings is 5. The van der Waals surface area contributed by atoms with Gasteiger partial charge in [0.05, 0.1) is 34.2 Å². The maximum Gasteiger partial charge on any atom is 0.261 e. The summed E-state index contributed by atoms with van der Waals surface area (Å²) >= 11 is 0. The lowest BCUT2D eigenvalue weighted by Gasteiger charge is -2.31. The number of rotatable bonds is 4. The first-order chi connectivity index (χ1) is 18.1. The Morgan fingerprint density at radius 1 is 0.526 bits per heavy atom. The molecule has 7 rings (SSSR count). The van der Waals surface area contributed by atoms with Gasteiger partial charge in [-0.05, 0) is 63.5 Å². The minimum absolute atomic E-state index is 0.272. The van der Waals surface area contributed by atoms with Crippen LogP contribution in [0.3, 0.4) is 0 Å². The smallest absolute Gasteiger partial charge is 0.261 e. The quantitative estimate of drug-likeness (QED) is 0.155. The molecule has 0 bridgehead atoms. The van der Waals surface area contributed by atoms with Crippen LogP contribution in [0, 0.1) is 0 Å². The Hall–Kier alpha value is -4.36. The second-order valence-corrected chi connectivity index (χ2v) is 11.3. The molecule has 4 amide bonds. The third-order valence-electron chi connectivity index (χ3n) is 8.11. The second kappa shape index (κ2) is 7.36. The van der Waals surface area contributed by atoms with Crippen molar-refractivity contribution in [1.29, 1.82) is 0 Å². The van der Waals surface area contributed by atoms with Gasteiger partial charge in [-0.15, -0.1) is 0 Å². The lowest BCUT2D eigenvalue weighted by atomic mass is 9.82. The molecule has 2 aliphatic heterocycles. The molecule has 7 heteroatoms. The number of likely N-dealkylation sites (N-methyl/N-ethyl adjacent to an activating group) is 1. The van der Waals surface area contributed by atoms with Crippen LogP contribution >= 0.6 is 0 Å². The van der Waals surface area contributed by atoms with Gasteiger partial charge in [-0.3, -0.25) is 29.0 Å². The number of hydrogen-bond acceptors (Lipinski definition) is 4. The summed E-state index contributed by atoms with van der Waals surface area (Å²) in [5.41, 5.74) is 2.10. The molecule has 38 heavy (non-hydrogen) atoms. The van der Waals surface area contributed by atoms with Crippen molar-refractivity contribution in [3.05, 3.63) is 70.8 Å². The van der Waals surface area contributed by atoms with Crippen molar-refractivity contribution in [2.24, 2.45) is 0 Å². The second-order valence-electron chi connectivity index (χ2n) is 11.3. The standard InChI is InChI=1S/C31H26N3O4/c1-5-32-28(35)20-10-6-16-18-8-12-22-27-23(31(38)33(30(22)37)14-15-34(2,3)4)13-9-19(25(18)27)17-7-11-21(29(32)36)26(20)24(16)17/h6-13H,5,14-15H2,1-4H3/q+1. The number of quaternary nitrogens is 1. The van der Waals surface area contributed by atoms with Crippen LogP contribution in [-0.2, 0) is 0 Å². The average Bonchev–Trinajstić information content (AvgIpc) is 2.89. The zero-order chi connectivity index (χ0) is 26.7. The van der Waals surface area contributed by atoms with Gasteiger partial charge < -0.3 is 4.48 Å². The van der Waals surface area contributed by atoms with Crippen LogP contribution in [0.2, 0.25) is 0 Å². The molecule has 2 heterocycles. The molecule has 0 spiro atoms. The van der Waals surface area contributed by atoms with Crippen molar-refractivity contribution in [1.82, 2.24) is 9.80 Å². The summed E-state index contributed by atoms with van der Waals surface area (Å²) in [5, 5.41) is 6.69. The molecule has 0 fully saturated rings. The molecule has 7 nitrogen and oxygen atoms in total. The van der Waals surface area contributed by atoms with Gasteiger partial charge in [-0.25, -0.2) is 0 Å². The molecule has 2 aliphatic rings. The Morgan fingerprint density at radius 3 is 1.18 bits per heavy atom. The van der Waals surface area contributed by atoms with E-state index < -0.39 is 0 Å². The number of amides is 4. The molecule has 0 radical (unpaired) electrons. The number of carbonyl (C=O) groups is 4. The van der Waals surface area contributed by atoms with E-state index in [0.717, 1.165) is 32.3 Å². The van der Waals surface area contributed by atoms with Crippen molar-refractivity contribution in [3.8, 4) is 0 Å². The maximum absolute atomic E-state index is 13.6. The number of imide groups is 2. The average molecular weight is 505 g/mol. The highest BCUT2D eigenvalue weighted by atomic mass is 16.2. The molecular weight excluding hydrogens is 478 g/mol.